The highest BCUT2D eigenvalue weighted by Crippen LogP contribution is 2.16. The van der Waals surface area contributed by atoms with Gasteiger partial charge in [-0.1, -0.05) is 36.4 Å². The molecule has 2 rings (SSSR count). The molecule has 0 heterocycles. The number of ether oxygens (including phenoxy) is 4. The lowest BCUT2D eigenvalue weighted by molar-refractivity contribution is -0.0431. The molecule has 0 aliphatic carbocycles. The van der Waals surface area contributed by atoms with Crippen LogP contribution in [0.5, 0.6) is 11.5 Å². The van der Waals surface area contributed by atoms with Gasteiger partial charge in [0, 0.05) is 0 Å². The number of carbonyl (C=O) groups excluding carboxylic acids is 2. The molecule has 0 saturated heterocycles. The summed E-state index contributed by atoms with van der Waals surface area (Å²) in [7, 11) is 0. The quantitative estimate of drug-likeness (QED) is 0.344. The van der Waals surface area contributed by atoms with Gasteiger partial charge in [0.2, 0.25) is 0 Å². The Morgan fingerprint density at radius 1 is 0.658 bits per heavy atom. The zero-order valence-electron chi connectivity index (χ0n) is 22.8. The molecule has 38 heavy (non-hydrogen) atoms. The lowest BCUT2D eigenvalue weighted by atomic mass is 10.00. The van der Waals surface area contributed by atoms with Crippen LogP contribution >= 0.6 is 0 Å². The average Bonchev–Trinajstić information content (AvgIpc) is 2.82. The molecule has 2 aromatic carbocycles. The highest BCUT2D eigenvalue weighted by molar-refractivity contribution is 5.69. The van der Waals surface area contributed by atoms with Crippen molar-refractivity contribution >= 4 is 12.2 Å². The van der Waals surface area contributed by atoms with Gasteiger partial charge in [-0.15, -0.1) is 0 Å². The van der Waals surface area contributed by atoms with Gasteiger partial charge in [0.15, 0.2) is 0 Å². The van der Waals surface area contributed by atoms with Crippen molar-refractivity contribution in [2.75, 3.05) is 13.2 Å². The fourth-order valence-electron chi connectivity index (χ4n) is 3.25. The number of para-hydroxylation sites is 2. The van der Waals surface area contributed by atoms with Crippen LogP contribution in [0.2, 0.25) is 0 Å². The molecule has 0 fully saturated rings. The minimum Gasteiger partial charge on any atom is -0.491 e. The van der Waals surface area contributed by atoms with Gasteiger partial charge in [0.25, 0.3) is 0 Å². The Labute approximate surface area is 224 Å². The molecule has 2 aromatic rings. The van der Waals surface area contributed by atoms with Crippen molar-refractivity contribution in [3.63, 3.8) is 0 Å². The Balaban J connectivity index is 2.22. The summed E-state index contributed by atoms with van der Waals surface area (Å²) in [5.41, 5.74) is -1.58. The van der Waals surface area contributed by atoms with Crippen LogP contribution in [0.3, 0.4) is 0 Å². The Bertz CT molecular complexity index is 908. The monoisotopic (exact) mass is 532 g/mol. The average molecular weight is 533 g/mol. The van der Waals surface area contributed by atoms with E-state index in [1.807, 2.05) is 12.1 Å². The molecule has 0 unspecified atom stereocenters. The number of hydrogen-bond acceptors (Lipinski definition) is 8. The summed E-state index contributed by atoms with van der Waals surface area (Å²) in [6.45, 7) is 9.83. The molecular formula is C28H40N2O8. The van der Waals surface area contributed by atoms with E-state index in [1.165, 1.54) is 0 Å². The predicted molar refractivity (Wildman–Crippen MR) is 142 cm³/mol. The summed E-state index contributed by atoms with van der Waals surface area (Å²) < 4.78 is 22.1. The number of carbonyl (C=O) groups is 2. The highest BCUT2D eigenvalue weighted by atomic mass is 16.6. The number of amides is 2. The number of benzene rings is 2. The third kappa shape index (κ3) is 11.7. The summed E-state index contributed by atoms with van der Waals surface area (Å²) in [6.07, 6.45) is -4.79. The summed E-state index contributed by atoms with van der Waals surface area (Å²) in [5.74, 6) is 1.00. The van der Waals surface area contributed by atoms with Crippen LogP contribution in [0.4, 0.5) is 9.59 Å². The first-order valence-corrected chi connectivity index (χ1v) is 12.4. The van der Waals surface area contributed by atoms with Gasteiger partial charge in [-0.05, 0) is 65.8 Å². The van der Waals surface area contributed by atoms with E-state index in [9.17, 15) is 19.8 Å². The van der Waals surface area contributed by atoms with Gasteiger partial charge in [0.05, 0.1) is 12.1 Å². The van der Waals surface area contributed by atoms with Crippen LogP contribution in [0.25, 0.3) is 0 Å². The van der Waals surface area contributed by atoms with Gasteiger partial charge >= 0.3 is 12.2 Å². The van der Waals surface area contributed by atoms with Gasteiger partial charge in [-0.2, -0.15) is 0 Å². The van der Waals surface area contributed by atoms with E-state index in [0.29, 0.717) is 11.5 Å². The van der Waals surface area contributed by atoms with Crippen LogP contribution < -0.4 is 20.1 Å². The van der Waals surface area contributed by atoms with Crippen LogP contribution in [-0.4, -0.2) is 71.1 Å². The van der Waals surface area contributed by atoms with E-state index in [0.717, 1.165) is 0 Å². The van der Waals surface area contributed by atoms with Gasteiger partial charge < -0.3 is 39.8 Å². The largest absolute Gasteiger partial charge is 0.491 e. The Morgan fingerprint density at radius 2 is 0.974 bits per heavy atom. The fraction of sp³-hybridized carbons (Fsp3) is 0.500. The Hall–Kier alpha value is -3.50. The maximum Gasteiger partial charge on any atom is 0.408 e. The summed E-state index contributed by atoms with van der Waals surface area (Å²) in [4.78, 5) is 25.1. The second kappa shape index (κ2) is 13.9. The zero-order chi connectivity index (χ0) is 28.3. The number of aliphatic hydroxyl groups is 2. The van der Waals surface area contributed by atoms with Crippen molar-refractivity contribution in [1.29, 1.82) is 0 Å². The predicted octanol–water partition coefficient (Wildman–Crippen LogP) is 3.65. The molecule has 210 valence electrons. The second-order valence-electron chi connectivity index (χ2n) is 10.7. The number of nitrogens with one attached hydrogen (secondary N) is 2. The highest BCUT2D eigenvalue weighted by Gasteiger charge is 2.36. The lowest BCUT2D eigenvalue weighted by Gasteiger charge is -2.33. The van der Waals surface area contributed by atoms with Crippen molar-refractivity contribution in [3.8, 4) is 11.5 Å². The standard InChI is InChI=1S/C28H40N2O8/c1-27(2,3)37-25(33)29-21(17-35-19-13-9-7-10-14-19)23(31)24(32)22(30-26(34)38-28(4,5)6)18-36-20-15-11-8-12-16-20/h7-16,21-24,31-32H,17-18H2,1-6H3,(H,29,33)(H,30,34)/t21-,22-,23+,24+/m0/s1. The van der Waals surface area contributed by atoms with E-state index in [-0.39, 0.29) is 13.2 Å². The molecule has 4 N–H and O–H groups in total. The van der Waals surface area contributed by atoms with Gasteiger partial charge in [0.1, 0.15) is 48.1 Å². The van der Waals surface area contributed by atoms with E-state index in [2.05, 4.69) is 10.6 Å². The van der Waals surface area contributed by atoms with Crippen molar-refractivity contribution in [2.45, 2.75) is 77.0 Å². The minimum atomic E-state index is -1.59. The number of alkyl carbamates (subject to hydrolysis) is 2. The first kappa shape index (κ1) is 30.7. The van der Waals surface area contributed by atoms with Gasteiger partial charge in [-0.25, -0.2) is 9.59 Å². The molecule has 0 bridgehead atoms. The van der Waals surface area contributed by atoms with Crippen molar-refractivity contribution in [1.82, 2.24) is 10.6 Å². The third-order valence-electron chi connectivity index (χ3n) is 4.92. The van der Waals surface area contributed by atoms with Crippen LogP contribution in [0.15, 0.2) is 60.7 Å². The SMILES string of the molecule is CC(C)(C)OC(=O)N[C@@H](COc1ccccc1)[C@@H](O)[C@H](O)[C@H](COc1ccccc1)NC(=O)OC(C)(C)C. The fourth-order valence-corrected chi connectivity index (χ4v) is 3.25. The smallest absolute Gasteiger partial charge is 0.408 e. The molecule has 10 heteroatoms. The number of hydrogen-bond donors (Lipinski definition) is 4. The van der Waals surface area contributed by atoms with Crippen LogP contribution in [0.1, 0.15) is 41.5 Å². The molecule has 0 saturated carbocycles. The molecule has 4 atom stereocenters. The molecule has 0 aliphatic rings. The van der Waals surface area contributed by atoms with E-state index >= 15 is 0 Å². The maximum atomic E-state index is 12.5. The minimum absolute atomic E-state index is 0.194. The van der Waals surface area contributed by atoms with Gasteiger partial charge in [-0.3, -0.25) is 0 Å². The normalized spacial score (nSPS) is 14.8. The zero-order valence-corrected chi connectivity index (χ0v) is 22.8. The molecule has 2 amide bonds. The summed E-state index contributed by atoms with van der Waals surface area (Å²) >= 11 is 0. The Kier molecular flexibility index (Phi) is 11.2. The Morgan fingerprint density at radius 3 is 1.26 bits per heavy atom. The van der Waals surface area contributed by atoms with Crippen molar-refractivity contribution < 1.29 is 38.7 Å². The van der Waals surface area contributed by atoms with Crippen LogP contribution in [0, 0.1) is 0 Å². The molecule has 0 radical (unpaired) electrons. The molecule has 0 spiro atoms. The molecule has 0 aromatic heterocycles. The third-order valence-corrected chi connectivity index (χ3v) is 4.92. The first-order chi connectivity index (χ1) is 17.7. The van der Waals surface area contributed by atoms with E-state index in [4.69, 9.17) is 18.9 Å². The first-order valence-electron chi connectivity index (χ1n) is 12.4. The number of aliphatic hydroxyl groups excluding tert-OH is 2. The van der Waals surface area contributed by atoms with Crippen LogP contribution in [-0.2, 0) is 9.47 Å². The van der Waals surface area contributed by atoms with Crippen molar-refractivity contribution in [3.05, 3.63) is 60.7 Å². The molecular weight excluding hydrogens is 492 g/mol. The summed E-state index contributed by atoms with van der Waals surface area (Å²) in [6, 6.07) is 15.4. The molecule has 0 aliphatic heterocycles. The molecule has 10 nitrogen and oxygen atoms in total. The lowest BCUT2D eigenvalue weighted by Crippen LogP contribution is -2.59. The van der Waals surface area contributed by atoms with E-state index in [1.54, 1.807) is 90.1 Å². The maximum absolute atomic E-state index is 12.5. The topological polar surface area (TPSA) is 136 Å². The summed E-state index contributed by atoms with van der Waals surface area (Å²) in [5, 5.41) is 27.5. The van der Waals surface area contributed by atoms with Crippen molar-refractivity contribution in [2.24, 2.45) is 0 Å². The number of rotatable bonds is 11. The van der Waals surface area contributed by atoms with E-state index < -0.39 is 47.7 Å². The second-order valence-corrected chi connectivity index (χ2v) is 10.7.